The van der Waals surface area contributed by atoms with Gasteiger partial charge in [-0.05, 0) is 37.3 Å². The maximum Gasteiger partial charge on any atom is 0.312 e. The van der Waals surface area contributed by atoms with Crippen molar-refractivity contribution in [3.63, 3.8) is 0 Å². The Balaban J connectivity index is 2.96. The van der Waals surface area contributed by atoms with Gasteiger partial charge >= 0.3 is 5.97 Å². The molecule has 0 aliphatic carbocycles. The van der Waals surface area contributed by atoms with E-state index in [0.717, 1.165) is 36.8 Å². The molecule has 1 rings (SSSR count). The number of allylic oxidation sites excluding steroid dienone is 1. The molecular formula is C19H28O2. The number of methoxy groups -OCH3 is 1. The van der Waals surface area contributed by atoms with E-state index in [0.29, 0.717) is 6.42 Å². The van der Waals surface area contributed by atoms with E-state index in [2.05, 4.69) is 51.6 Å². The van der Waals surface area contributed by atoms with Crippen LogP contribution in [0.3, 0.4) is 0 Å². The van der Waals surface area contributed by atoms with E-state index >= 15 is 0 Å². The first-order chi connectivity index (χ1) is 9.99. The lowest BCUT2D eigenvalue weighted by Gasteiger charge is -2.31. The second kappa shape index (κ2) is 8.02. The fourth-order valence-electron chi connectivity index (χ4n) is 2.74. The summed E-state index contributed by atoms with van der Waals surface area (Å²) in [6.45, 7) is 10.5. The Kier molecular flexibility index (Phi) is 6.67. The summed E-state index contributed by atoms with van der Waals surface area (Å²) < 4.78 is 5.08. The SMILES string of the molecule is C=C(CC(CC)(CCCC)C(=O)OC)c1ccc(C)cc1. The van der Waals surface area contributed by atoms with E-state index in [4.69, 9.17) is 4.74 Å². The topological polar surface area (TPSA) is 26.3 Å². The molecule has 2 heteroatoms. The minimum atomic E-state index is -0.438. The van der Waals surface area contributed by atoms with Crippen LogP contribution in [-0.4, -0.2) is 13.1 Å². The van der Waals surface area contributed by atoms with Crippen molar-refractivity contribution in [2.45, 2.75) is 52.9 Å². The van der Waals surface area contributed by atoms with Gasteiger partial charge in [-0.1, -0.05) is 63.1 Å². The third-order valence-electron chi connectivity index (χ3n) is 4.32. The molecule has 0 amide bonds. The molecule has 0 heterocycles. The number of carbonyl (C=O) groups excluding carboxylic acids is 1. The van der Waals surface area contributed by atoms with Gasteiger partial charge in [-0.3, -0.25) is 4.79 Å². The minimum Gasteiger partial charge on any atom is -0.469 e. The lowest BCUT2D eigenvalue weighted by atomic mass is 9.74. The van der Waals surface area contributed by atoms with Gasteiger partial charge in [-0.25, -0.2) is 0 Å². The zero-order valence-corrected chi connectivity index (χ0v) is 13.9. The Morgan fingerprint density at radius 3 is 2.33 bits per heavy atom. The molecule has 0 bridgehead atoms. The molecule has 0 saturated carbocycles. The summed E-state index contributed by atoms with van der Waals surface area (Å²) >= 11 is 0. The van der Waals surface area contributed by atoms with Crippen LogP contribution in [0.5, 0.6) is 0 Å². The standard InChI is InChI=1S/C19H28O2/c1-6-8-13-19(7-2,18(20)21-5)14-16(4)17-11-9-15(3)10-12-17/h9-12H,4,6-8,13-14H2,1-3,5H3. The van der Waals surface area contributed by atoms with Gasteiger partial charge in [-0.15, -0.1) is 0 Å². The van der Waals surface area contributed by atoms with Gasteiger partial charge in [0.25, 0.3) is 0 Å². The number of rotatable bonds is 8. The average Bonchev–Trinajstić information content (AvgIpc) is 2.51. The number of ether oxygens (including phenoxy) is 1. The number of carbonyl (C=O) groups is 1. The van der Waals surface area contributed by atoms with Gasteiger partial charge in [0.2, 0.25) is 0 Å². The third kappa shape index (κ3) is 4.45. The minimum absolute atomic E-state index is 0.105. The monoisotopic (exact) mass is 288 g/mol. The summed E-state index contributed by atoms with van der Waals surface area (Å²) in [6.07, 6.45) is 4.42. The molecule has 0 aliphatic rings. The molecule has 1 atom stereocenters. The summed E-state index contributed by atoms with van der Waals surface area (Å²) in [5, 5.41) is 0. The molecule has 1 unspecified atom stereocenters. The van der Waals surface area contributed by atoms with Crippen molar-refractivity contribution in [3.8, 4) is 0 Å². The van der Waals surface area contributed by atoms with Crippen molar-refractivity contribution in [1.82, 2.24) is 0 Å². The van der Waals surface area contributed by atoms with Gasteiger partial charge in [0.1, 0.15) is 0 Å². The Morgan fingerprint density at radius 2 is 1.86 bits per heavy atom. The van der Waals surface area contributed by atoms with Crippen LogP contribution in [-0.2, 0) is 9.53 Å². The van der Waals surface area contributed by atoms with Crippen LogP contribution < -0.4 is 0 Å². The van der Waals surface area contributed by atoms with Crippen LogP contribution >= 0.6 is 0 Å². The van der Waals surface area contributed by atoms with E-state index in [1.54, 1.807) is 0 Å². The molecule has 0 aromatic heterocycles. The van der Waals surface area contributed by atoms with Crippen molar-refractivity contribution in [2.75, 3.05) is 7.11 Å². The lowest BCUT2D eigenvalue weighted by molar-refractivity contribution is -0.153. The zero-order valence-electron chi connectivity index (χ0n) is 13.9. The molecule has 1 aromatic rings. The van der Waals surface area contributed by atoms with Gasteiger partial charge in [0.15, 0.2) is 0 Å². The highest BCUT2D eigenvalue weighted by Crippen LogP contribution is 2.39. The van der Waals surface area contributed by atoms with Crippen molar-refractivity contribution in [2.24, 2.45) is 5.41 Å². The molecular weight excluding hydrogens is 260 g/mol. The number of hydrogen-bond donors (Lipinski definition) is 0. The number of hydrogen-bond acceptors (Lipinski definition) is 2. The van der Waals surface area contributed by atoms with Crippen LogP contribution in [0.1, 0.15) is 57.1 Å². The Morgan fingerprint density at radius 1 is 1.24 bits per heavy atom. The predicted molar refractivity (Wildman–Crippen MR) is 89.1 cm³/mol. The zero-order chi connectivity index (χ0) is 15.9. The first-order valence-corrected chi connectivity index (χ1v) is 7.82. The first-order valence-electron chi connectivity index (χ1n) is 7.82. The number of esters is 1. The Hall–Kier alpha value is -1.57. The van der Waals surface area contributed by atoms with Crippen LogP contribution in [0.25, 0.3) is 5.57 Å². The quantitative estimate of drug-likeness (QED) is 0.618. The van der Waals surface area contributed by atoms with Gasteiger partial charge < -0.3 is 4.74 Å². The summed E-state index contributed by atoms with van der Waals surface area (Å²) in [4.78, 5) is 12.3. The molecule has 0 fully saturated rings. The van der Waals surface area contributed by atoms with Gasteiger partial charge in [-0.2, -0.15) is 0 Å². The van der Waals surface area contributed by atoms with E-state index in [1.807, 2.05) is 0 Å². The first kappa shape index (κ1) is 17.5. The molecule has 0 N–H and O–H groups in total. The third-order valence-corrected chi connectivity index (χ3v) is 4.32. The lowest BCUT2D eigenvalue weighted by Crippen LogP contribution is -2.32. The molecule has 0 radical (unpaired) electrons. The number of unbranched alkanes of at least 4 members (excludes halogenated alkanes) is 1. The largest absolute Gasteiger partial charge is 0.469 e. The summed E-state index contributed by atoms with van der Waals surface area (Å²) in [5.74, 6) is -0.105. The van der Waals surface area contributed by atoms with Gasteiger partial charge in [0.05, 0.1) is 12.5 Å². The maximum atomic E-state index is 12.3. The van der Waals surface area contributed by atoms with E-state index in [-0.39, 0.29) is 5.97 Å². The Bertz CT molecular complexity index is 473. The molecule has 1 aromatic carbocycles. The highest BCUT2D eigenvalue weighted by Gasteiger charge is 2.37. The second-order valence-corrected chi connectivity index (χ2v) is 5.88. The smallest absolute Gasteiger partial charge is 0.312 e. The summed E-state index contributed by atoms with van der Waals surface area (Å²) in [6, 6.07) is 8.32. The van der Waals surface area contributed by atoms with E-state index in [9.17, 15) is 4.79 Å². The van der Waals surface area contributed by atoms with Crippen molar-refractivity contribution < 1.29 is 9.53 Å². The molecule has 0 spiro atoms. The van der Waals surface area contributed by atoms with Crippen molar-refractivity contribution in [1.29, 1.82) is 0 Å². The molecule has 0 aliphatic heterocycles. The summed E-state index contributed by atoms with van der Waals surface area (Å²) in [7, 11) is 1.48. The van der Waals surface area contributed by atoms with Gasteiger partial charge in [0, 0.05) is 0 Å². The Labute approximate surface area is 129 Å². The fourth-order valence-corrected chi connectivity index (χ4v) is 2.74. The van der Waals surface area contributed by atoms with Crippen LogP contribution in [0, 0.1) is 12.3 Å². The van der Waals surface area contributed by atoms with Crippen LogP contribution in [0.15, 0.2) is 30.8 Å². The van der Waals surface area contributed by atoms with E-state index < -0.39 is 5.41 Å². The molecule has 116 valence electrons. The van der Waals surface area contributed by atoms with Crippen molar-refractivity contribution >= 4 is 11.5 Å². The summed E-state index contributed by atoms with van der Waals surface area (Å²) in [5.41, 5.74) is 2.91. The highest BCUT2D eigenvalue weighted by atomic mass is 16.5. The maximum absolute atomic E-state index is 12.3. The molecule has 2 nitrogen and oxygen atoms in total. The van der Waals surface area contributed by atoms with E-state index in [1.165, 1.54) is 12.7 Å². The number of benzene rings is 1. The van der Waals surface area contributed by atoms with Crippen LogP contribution in [0.4, 0.5) is 0 Å². The number of aryl methyl sites for hydroxylation is 1. The normalized spacial score (nSPS) is 13.5. The molecule has 21 heavy (non-hydrogen) atoms. The predicted octanol–water partition coefficient (Wildman–Crippen LogP) is 5.16. The highest BCUT2D eigenvalue weighted by molar-refractivity contribution is 5.80. The molecule has 0 saturated heterocycles. The fraction of sp³-hybridized carbons (Fsp3) is 0.526. The average molecular weight is 288 g/mol. The second-order valence-electron chi connectivity index (χ2n) is 5.88. The van der Waals surface area contributed by atoms with Crippen molar-refractivity contribution in [3.05, 3.63) is 42.0 Å². The van der Waals surface area contributed by atoms with Crippen LogP contribution in [0.2, 0.25) is 0 Å².